The Morgan fingerprint density at radius 3 is 2.57 bits per heavy atom. The highest BCUT2D eigenvalue weighted by molar-refractivity contribution is 14.0. The van der Waals surface area contributed by atoms with E-state index in [0.29, 0.717) is 12.5 Å². The number of aromatic nitrogens is 1. The number of rotatable bonds is 2. The van der Waals surface area contributed by atoms with Crippen molar-refractivity contribution in [2.75, 3.05) is 0 Å². The fourth-order valence-corrected chi connectivity index (χ4v) is 2.21. The van der Waals surface area contributed by atoms with Gasteiger partial charge in [-0.2, -0.15) is 0 Å². The van der Waals surface area contributed by atoms with Gasteiger partial charge in [0.15, 0.2) is 5.96 Å². The maximum atomic E-state index is 5.89. The van der Waals surface area contributed by atoms with Crippen LogP contribution in [0.4, 0.5) is 0 Å². The predicted octanol–water partition coefficient (Wildman–Crippen LogP) is 3.61. The highest BCUT2D eigenvalue weighted by Gasteiger charge is 2.09. The molecule has 0 bridgehead atoms. The minimum absolute atomic E-state index is 0. The number of aryl methyl sites for hydroxylation is 2. The number of guanidine groups is 1. The second-order valence-electron chi connectivity index (χ2n) is 6.33. The van der Waals surface area contributed by atoms with E-state index in [2.05, 4.69) is 68.1 Å². The van der Waals surface area contributed by atoms with Gasteiger partial charge in [0.05, 0.1) is 6.54 Å². The first-order valence-electron chi connectivity index (χ1n) is 6.92. The Balaban J connectivity index is 0.00000220. The number of nitrogens with two attached hydrogens (primary N) is 1. The molecule has 0 fully saturated rings. The predicted molar refractivity (Wildman–Crippen MR) is 101 cm³/mol. The van der Waals surface area contributed by atoms with Gasteiger partial charge in [0.25, 0.3) is 0 Å². The molecule has 2 rings (SSSR count). The molecule has 1 aromatic carbocycles. The Labute approximate surface area is 143 Å². The lowest BCUT2D eigenvalue weighted by molar-refractivity contribution is 0.508. The molecule has 1 heterocycles. The van der Waals surface area contributed by atoms with Crippen molar-refractivity contribution in [1.29, 1.82) is 0 Å². The third-order valence-corrected chi connectivity index (χ3v) is 3.31. The fourth-order valence-electron chi connectivity index (χ4n) is 2.21. The zero-order valence-electron chi connectivity index (χ0n) is 13.4. The van der Waals surface area contributed by atoms with Gasteiger partial charge in [0, 0.05) is 22.1 Å². The molecule has 116 valence electrons. The van der Waals surface area contributed by atoms with Crippen LogP contribution in [0.2, 0.25) is 0 Å². The van der Waals surface area contributed by atoms with E-state index in [1.807, 2.05) is 0 Å². The molecule has 4 nitrogen and oxygen atoms in total. The summed E-state index contributed by atoms with van der Waals surface area (Å²) in [6.45, 7) is 11.0. The first-order chi connectivity index (χ1) is 9.26. The molecule has 0 aliphatic carbocycles. The second-order valence-corrected chi connectivity index (χ2v) is 6.33. The van der Waals surface area contributed by atoms with Crippen molar-refractivity contribution in [2.45, 2.75) is 46.7 Å². The average Bonchev–Trinajstić information content (AvgIpc) is 2.61. The van der Waals surface area contributed by atoms with Gasteiger partial charge in [-0.05, 0) is 57.9 Å². The molecule has 0 unspecified atom stereocenters. The van der Waals surface area contributed by atoms with E-state index in [1.54, 1.807) is 0 Å². The maximum Gasteiger partial charge on any atom is 0.189 e. The maximum absolute atomic E-state index is 5.89. The first-order valence-corrected chi connectivity index (χ1v) is 6.92. The SMILES string of the molecule is Cc1[nH]c2ccc(CN=C(N)NC(C)(C)C)cc2c1C.I. The first kappa shape index (κ1) is 17.8. The van der Waals surface area contributed by atoms with Gasteiger partial charge in [-0.3, -0.25) is 0 Å². The minimum atomic E-state index is -0.0636. The van der Waals surface area contributed by atoms with E-state index in [-0.39, 0.29) is 29.5 Å². The standard InChI is InChI=1S/C16H24N4.HI/c1-10-11(2)19-14-7-6-12(8-13(10)14)9-18-15(17)20-16(3,4)5;/h6-8,19H,9H2,1-5H3,(H3,17,18,20);1H. The summed E-state index contributed by atoms with van der Waals surface area (Å²) in [6, 6.07) is 6.38. The van der Waals surface area contributed by atoms with Crippen molar-refractivity contribution in [3.8, 4) is 0 Å². The normalized spacial score (nSPS) is 12.3. The molecular formula is C16H25IN4. The number of aliphatic imine (C=N–C) groups is 1. The molecule has 0 aliphatic heterocycles. The molecule has 4 N–H and O–H groups in total. The molecule has 0 saturated heterocycles. The zero-order chi connectivity index (χ0) is 14.9. The highest BCUT2D eigenvalue weighted by Crippen LogP contribution is 2.22. The van der Waals surface area contributed by atoms with Crippen LogP contribution in [-0.2, 0) is 6.54 Å². The molecule has 1 aromatic heterocycles. The van der Waals surface area contributed by atoms with Crippen molar-refractivity contribution in [3.05, 3.63) is 35.0 Å². The van der Waals surface area contributed by atoms with Crippen LogP contribution in [0.3, 0.4) is 0 Å². The Morgan fingerprint density at radius 1 is 1.29 bits per heavy atom. The van der Waals surface area contributed by atoms with Crippen molar-refractivity contribution >= 4 is 40.8 Å². The summed E-state index contributed by atoms with van der Waals surface area (Å²) >= 11 is 0. The Bertz CT molecular complexity index is 650. The van der Waals surface area contributed by atoms with E-state index in [9.17, 15) is 0 Å². The number of benzene rings is 1. The highest BCUT2D eigenvalue weighted by atomic mass is 127. The number of halogens is 1. The molecule has 0 radical (unpaired) electrons. The van der Waals surface area contributed by atoms with Crippen LogP contribution >= 0.6 is 24.0 Å². The molecule has 0 amide bonds. The van der Waals surface area contributed by atoms with Crippen LogP contribution in [0, 0.1) is 13.8 Å². The number of nitrogens with zero attached hydrogens (tertiary/aromatic N) is 1. The molecule has 0 spiro atoms. The van der Waals surface area contributed by atoms with Crippen LogP contribution in [0.1, 0.15) is 37.6 Å². The third kappa shape index (κ3) is 4.62. The van der Waals surface area contributed by atoms with Gasteiger partial charge in [-0.15, -0.1) is 24.0 Å². The van der Waals surface area contributed by atoms with E-state index in [0.717, 1.165) is 0 Å². The monoisotopic (exact) mass is 400 g/mol. The molecule has 0 atom stereocenters. The summed E-state index contributed by atoms with van der Waals surface area (Å²) in [4.78, 5) is 7.77. The van der Waals surface area contributed by atoms with Crippen molar-refractivity contribution in [1.82, 2.24) is 10.3 Å². The Morgan fingerprint density at radius 2 is 1.95 bits per heavy atom. The topological polar surface area (TPSA) is 66.2 Å². The second kappa shape index (κ2) is 6.68. The molecule has 0 aliphatic rings. The molecule has 5 heteroatoms. The Hall–Kier alpha value is -1.24. The van der Waals surface area contributed by atoms with Crippen molar-refractivity contribution < 1.29 is 0 Å². The summed E-state index contributed by atoms with van der Waals surface area (Å²) < 4.78 is 0. The summed E-state index contributed by atoms with van der Waals surface area (Å²) in [7, 11) is 0. The summed E-state index contributed by atoms with van der Waals surface area (Å²) in [5.74, 6) is 0.486. The summed E-state index contributed by atoms with van der Waals surface area (Å²) in [6.07, 6.45) is 0. The minimum Gasteiger partial charge on any atom is -0.370 e. The molecule has 2 aromatic rings. The molecule has 0 saturated carbocycles. The van der Waals surface area contributed by atoms with E-state index >= 15 is 0 Å². The van der Waals surface area contributed by atoms with E-state index in [4.69, 9.17) is 5.73 Å². The zero-order valence-corrected chi connectivity index (χ0v) is 15.7. The fraction of sp³-hybridized carbons (Fsp3) is 0.438. The third-order valence-electron chi connectivity index (χ3n) is 3.31. The quantitative estimate of drug-likeness (QED) is 0.410. The summed E-state index contributed by atoms with van der Waals surface area (Å²) in [5, 5.41) is 4.43. The number of hydrogen-bond donors (Lipinski definition) is 3. The van der Waals surface area contributed by atoms with Crippen molar-refractivity contribution in [2.24, 2.45) is 10.7 Å². The van der Waals surface area contributed by atoms with Gasteiger partial charge in [-0.25, -0.2) is 4.99 Å². The van der Waals surface area contributed by atoms with E-state index in [1.165, 1.54) is 27.7 Å². The molecular weight excluding hydrogens is 375 g/mol. The average molecular weight is 400 g/mol. The molecule has 21 heavy (non-hydrogen) atoms. The van der Waals surface area contributed by atoms with Crippen LogP contribution < -0.4 is 11.1 Å². The smallest absolute Gasteiger partial charge is 0.189 e. The van der Waals surface area contributed by atoms with Gasteiger partial charge in [-0.1, -0.05) is 6.07 Å². The number of nitrogens with one attached hydrogen (secondary N) is 2. The van der Waals surface area contributed by atoms with Crippen LogP contribution in [0.5, 0.6) is 0 Å². The van der Waals surface area contributed by atoms with Gasteiger partial charge in [0.1, 0.15) is 0 Å². The van der Waals surface area contributed by atoms with Crippen molar-refractivity contribution in [3.63, 3.8) is 0 Å². The Kier molecular flexibility index (Phi) is 5.67. The lowest BCUT2D eigenvalue weighted by Gasteiger charge is -2.20. The van der Waals surface area contributed by atoms with Crippen LogP contribution in [0.25, 0.3) is 10.9 Å². The van der Waals surface area contributed by atoms with Gasteiger partial charge < -0.3 is 16.0 Å². The number of hydrogen-bond acceptors (Lipinski definition) is 1. The number of fused-ring (bicyclic) bond motifs is 1. The van der Waals surface area contributed by atoms with Crippen LogP contribution in [-0.4, -0.2) is 16.5 Å². The largest absolute Gasteiger partial charge is 0.370 e. The lowest BCUT2D eigenvalue weighted by Crippen LogP contribution is -2.44. The number of aromatic amines is 1. The van der Waals surface area contributed by atoms with Gasteiger partial charge in [0.2, 0.25) is 0 Å². The lowest BCUT2D eigenvalue weighted by atomic mass is 10.1. The van der Waals surface area contributed by atoms with Crippen LogP contribution in [0.15, 0.2) is 23.2 Å². The summed E-state index contributed by atoms with van der Waals surface area (Å²) in [5.41, 5.74) is 10.7. The number of H-pyrrole nitrogens is 1. The van der Waals surface area contributed by atoms with Gasteiger partial charge >= 0.3 is 0 Å². The van der Waals surface area contributed by atoms with E-state index < -0.39 is 0 Å².